The molecule has 1 unspecified atom stereocenters. The van der Waals surface area contributed by atoms with Crippen LogP contribution in [0.4, 0.5) is 5.69 Å². The topological polar surface area (TPSA) is 96.3 Å². The van der Waals surface area contributed by atoms with Gasteiger partial charge in [0.05, 0.1) is 29.3 Å². The standard InChI is InChI=1S/C31H24ClNO6/c1-18-16-24(30(38-2)25(32)17-18)28(35)26-27(19-8-12-21(34)13-9-19)33(31(37)29(26)36)20-10-14-23(15-11-20)39-22-6-4-3-5-7-22/h3-17,27,34-35H,1-2H3/b28-26+. The van der Waals surface area contributed by atoms with E-state index in [-0.39, 0.29) is 27.7 Å². The van der Waals surface area contributed by atoms with Crippen LogP contribution in [0.1, 0.15) is 22.7 Å². The summed E-state index contributed by atoms with van der Waals surface area (Å²) in [5.41, 5.74) is 1.72. The summed E-state index contributed by atoms with van der Waals surface area (Å²) in [6.07, 6.45) is 0. The first-order chi connectivity index (χ1) is 18.8. The molecule has 0 radical (unpaired) electrons. The number of hydrogen-bond acceptors (Lipinski definition) is 6. The number of ether oxygens (including phenoxy) is 2. The fraction of sp³-hybridized carbons (Fsp3) is 0.0968. The zero-order valence-corrected chi connectivity index (χ0v) is 21.8. The Morgan fingerprint density at radius 1 is 0.897 bits per heavy atom. The number of halogens is 1. The Bertz CT molecular complexity index is 1580. The second-order valence-electron chi connectivity index (χ2n) is 9.00. The summed E-state index contributed by atoms with van der Waals surface area (Å²) >= 11 is 6.36. The molecule has 39 heavy (non-hydrogen) atoms. The van der Waals surface area contributed by atoms with Gasteiger partial charge in [-0.15, -0.1) is 0 Å². The number of aliphatic hydroxyl groups is 1. The number of amides is 1. The fourth-order valence-electron chi connectivity index (χ4n) is 4.63. The second kappa shape index (κ2) is 10.6. The molecule has 7 nitrogen and oxygen atoms in total. The van der Waals surface area contributed by atoms with Gasteiger partial charge in [0.1, 0.15) is 28.8 Å². The van der Waals surface area contributed by atoms with E-state index in [0.717, 1.165) is 5.56 Å². The molecule has 5 rings (SSSR count). The number of rotatable bonds is 6. The number of phenolic OH excluding ortho intramolecular Hbond substituents is 1. The number of anilines is 1. The molecule has 8 heteroatoms. The van der Waals surface area contributed by atoms with Crippen molar-refractivity contribution < 1.29 is 29.3 Å². The summed E-state index contributed by atoms with van der Waals surface area (Å²) in [6, 6.07) is 24.4. The highest BCUT2D eigenvalue weighted by molar-refractivity contribution is 6.51. The molecule has 0 bridgehead atoms. The summed E-state index contributed by atoms with van der Waals surface area (Å²) < 4.78 is 11.3. The minimum atomic E-state index is -0.990. The molecule has 1 atom stereocenters. The van der Waals surface area contributed by atoms with E-state index in [1.54, 1.807) is 55.5 Å². The van der Waals surface area contributed by atoms with E-state index < -0.39 is 23.5 Å². The van der Waals surface area contributed by atoms with Crippen molar-refractivity contribution in [1.29, 1.82) is 0 Å². The number of aryl methyl sites for hydroxylation is 1. The van der Waals surface area contributed by atoms with Crippen LogP contribution in [0.15, 0.2) is 96.6 Å². The van der Waals surface area contributed by atoms with E-state index in [4.69, 9.17) is 21.1 Å². The van der Waals surface area contributed by atoms with Crippen molar-refractivity contribution in [3.8, 4) is 23.0 Å². The Hall–Kier alpha value is -4.75. The number of phenols is 1. The van der Waals surface area contributed by atoms with Gasteiger partial charge in [0, 0.05) is 5.69 Å². The number of benzene rings is 4. The molecular weight excluding hydrogens is 518 g/mol. The normalized spacial score (nSPS) is 16.4. The van der Waals surface area contributed by atoms with E-state index in [1.807, 2.05) is 30.3 Å². The van der Waals surface area contributed by atoms with Gasteiger partial charge in [-0.05, 0) is 78.7 Å². The van der Waals surface area contributed by atoms with E-state index >= 15 is 0 Å². The van der Waals surface area contributed by atoms with Crippen molar-refractivity contribution in [3.63, 3.8) is 0 Å². The number of carbonyl (C=O) groups excluding carboxylic acids is 2. The van der Waals surface area contributed by atoms with Gasteiger partial charge in [-0.25, -0.2) is 0 Å². The highest BCUT2D eigenvalue weighted by Gasteiger charge is 2.47. The molecule has 1 fully saturated rings. The molecule has 1 saturated heterocycles. The Kier molecular flexibility index (Phi) is 7.00. The number of hydrogen-bond donors (Lipinski definition) is 2. The molecule has 0 aliphatic carbocycles. The van der Waals surface area contributed by atoms with Crippen LogP contribution in [0, 0.1) is 6.92 Å². The molecule has 0 spiro atoms. The first-order valence-electron chi connectivity index (χ1n) is 12.1. The van der Waals surface area contributed by atoms with Gasteiger partial charge in [0.2, 0.25) is 0 Å². The Morgan fingerprint density at radius 3 is 2.18 bits per heavy atom. The molecule has 196 valence electrons. The molecular formula is C31H24ClNO6. The lowest BCUT2D eigenvalue weighted by atomic mass is 9.94. The third-order valence-corrected chi connectivity index (χ3v) is 6.67. The van der Waals surface area contributed by atoms with Crippen LogP contribution >= 0.6 is 11.6 Å². The fourth-order valence-corrected chi connectivity index (χ4v) is 4.98. The van der Waals surface area contributed by atoms with Crippen molar-refractivity contribution in [2.24, 2.45) is 0 Å². The lowest BCUT2D eigenvalue weighted by Gasteiger charge is -2.26. The van der Waals surface area contributed by atoms with E-state index in [0.29, 0.717) is 22.7 Å². The van der Waals surface area contributed by atoms with Crippen LogP contribution in [0.2, 0.25) is 5.02 Å². The molecule has 2 N–H and O–H groups in total. The quantitative estimate of drug-likeness (QED) is 0.159. The number of para-hydroxylation sites is 1. The van der Waals surface area contributed by atoms with Gasteiger partial charge in [-0.1, -0.05) is 41.9 Å². The first kappa shape index (κ1) is 25.9. The minimum Gasteiger partial charge on any atom is -0.508 e. The average molecular weight is 542 g/mol. The maximum absolute atomic E-state index is 13.5. The van der Waals surface area contributed by atoms with Gasteiger partial charge < -0.3 is 19.7 Å². The van der Waals surface area contributed by atoms with Gasteiger partial charge >= 0.3 is 0 Å². The summed E-state index contributed by atoms with van der Waals surface area (Å²) in [6.45, 7) is 1.79. The lowest BCUT2D eigenvalue weighted by molar-refractivity contribution is -0.132. The van der Waals surface area contributed by atoms with Crippen LogP contribution in [0.3, 0.4) is 0 Å². The number of Topliss-reactive ketones (excluding diaryl/α,β-unsaturated/α-hetero) is 1. The van der Waals surface area contributed by atoms with E-state index in [1.165, 1.54) is 24.1 Å². The Balaban J connectivity index is 1.64. The lowest BCUT2D eigenvalue weighted by Crippen LogP contribution is -2.29. The molecule has 0 aromatic heterocycles. The van der Waals surface area contributed by atoms with Crippen molar-refractivity contribution in [3.05, 3.63) is 118 Å². The van der Waals surface area contributed by atoms with Gasteiger partial charge in [0.25, 0.3) is 11.7 Å². The molecule has 4 aromatic rings. The van der Waals surface area contributed by atoms with Crippen molar-refractivity contribution in [2.75, 3.05) is 12.0 Å². The van der Waals surface area contributed by atoms with Crippen LogP contribution < -0.4 is 14.4 Å². The van der Waals surface area contributed by atoms with E-state index in [2.05, 4.69) is 0 Å². The third-order valence-electron chi connectivity index (χ3n) is 6.39. The second-order valence-corrected chi connectivity index (χ2v) is 9.40. The van der Waals surface area contributed by atoms with Crippen LogP contribution in [-0.2, 0) is 9.59 Å². The first-order valence-corrected chi connectivity index (χ1v) is 12.4. The number of aliphatic hydroxyl groups excluding tert-OH is 1. The van der Waals surface area contributed by atoms with Crippen LogP contribution in [0.5, 0.6) is 23.0 Å². The van der Waals surface area contributed by atoms with Gasteiger partial charge in [-0.3, -0.25) is 14.5 Å². The highest BCUT2D eigenvalue weighted by Crippen LogP contribution is 2.45. The maximum Gasteiger partial charge on any atom is 0.300 e. The predicted molar refractivity (Wildman–Crippen MR) is 149 cm³/mol. The maximum atomic E-state index is 13.5. The monoisotopic (exact) mass is 541 g/mol. The molecule has 1 aliphatic rings. The summed E-state index contributed by atoms with van der Waals surface area (Å²) in [7, 11) is 1.41. The SMILES string of the molecule is COc1c(Cl)cc(C)cc1/C(O)=C1\C(=O)C(=O)N(c2ccc(Oc3ccccc3)cc2)C1c1ccc(O)cc1. The van der Waals surface area contributed by atoms with Gasteiger partial charge in [0.15, 0.2) is 0 Å². The van der Waals surface area contributed by atoms with Crippen molar-refractivity contribution >= 4 is 34.7 Å². The van der Waals surface area contributed by atoms with Crippen molar-refractivity contribution in [2.45, 2.75) is 13.0 Å². The number of methoxy groups -OCH3 is 1. The third kappa shape index (κ3) is 4.92. The Morgan fingerprint density at radius 2 is 1.54 bits per heavy atom. The molecule has 1 amide bonds. The van der Waals surface area contributed by atoms with Gasteiger partial charge in [-0.2, -0.15) is 0 Å². The smallest absolute Gasteiger partial charge is 0.300 e. The Labute approximate surface area is 230 Å². The zero-order valence-electron chi connectivity index (χ0n) is 21.1. The molecule has 1 heterocycles. The summed E-state index contributed by atoms with van der Waals surface area (Å²) in [4.78, 5) is 28.3. The highest BCUT2D eigenvalue weighted by atomic mass is 35.5. The predicted octanol–water partition coefficient (Wildman–Crippen LogP) is 6.78. The summed E-state index contributed by atoms with van der Waals surface area (Å²) in [5.74, 6) is -0.704. The number of carbonyl (C=O) groups is 2. The largest absolute Gasteiger partial charge is 0.508 e. The summed E-state index contributed by atoms with van der Waals surface area (Å²) in [5, 5.41) is 21.6. The van der Waals surface area contributed by atoms with Crippen LogP contribution in [-0.4, -0.2) is 29.0 Å². The molecule has 4 aromatic carbocycles. The number of ketones is 1. The van der Waals surface area contributed by atoms with E-state index in [9.17, 15) is 19.8 Å². The molecule has 0 saturated carbocycles. The van der Waals surface area contributed by atoms with Crippen molar-refractivity contribution in [1.82, 2.24) is 0 Å². The molecule has 1 aliphatic heterocycles. The number of aromatic hydroxyl groups is 1. The average Bonchev–Trinajstić information content (AvgIpc) is 3.19. The zero-order chi connectivity index (χ0) is 27.7. The number of nitrogens with zero attached hydrogens (tertiary/aromatic N) is 1. The van der Waals surface area contributed by atoms with Crippen LogP contribution in [0.25, 0.3) is 5.76 Å². The minimum absolute atomic E-state index is 0.0188.